The van der Waals surface area contributed by atoms with Crippen LogP contribution in [0.1, 0.15) is 12.8 Å². The van der Waals surface area contributed by atoms with Gasteiger partial charge in [0.1, 0.15) is 5.25 Å². The molecule has 0 aliphatic heterocycles. The standard InChI is InChI=1S/C11H12BrNO2S/c12-7-3-4-9(8(13)5-7)16-10(11(14)15)6-1-2-6/h3-6,10H,1-2,13H2,(H,14,15). The first kappa shape index (κ1) is 11.8. The van der Waals surface area contributed by atoms with E-state index in [1.165, 1.54) is 11.8 Å². The molecule has 1 aromatic carbocycles. The van der Waals surface area contributed by atoms with Crippen LogP contribution >= 0.6 is 27.7 Å². The van der Waals surface area contributed by atoms with Gasteiger partial charge >= 0.3 is 5.97 Å². The zero-order valence-corrected chi connectivity index (χ0v) is 10.9. The third-order valence-corrected chi connectivity index (χ3v) is 4.48. The Kier molecular flexibility index (Phi) is 3.44. The van der Waals surface area contributed by atoms with Crippen molar-refractivity contribution in [2.45, 2.75) is 23.0 Å². The van der Waals surface area contributed by atoms with Gasteiger partial charge in [-0.05, 0) is 37.0 Å². The number of nitrogens with two attached hydrogens (primary N) is 1. The second kappa shape index (κ2) is 4.67. The van der Waals surface area contributed by atoms with Crippen molar-refractivity contribution in [3.8, 4) is 0 Å². The molecule has 1 aromatic rings. The lowest BCUT2D eigenvalue weighted by atomic mass is 10.3. The van der Waals surface area contributed by atoms with Gasteiger partial charge in [-0.2, -0.15) is 0 Å². The van der Waals surface area contributed by atoms with E-state index in [1.807, 2.05) is 12.1 Å². The summed E-state index contributed by atoms with van der Waals surface area (Å²) in [5.41, 5.74) is 6.48. The van der Waals surface area contributed by atoms with Crippen LogP contribution in [0, 0.1) is 5.92 Å². The number of carboxylic acid groups (broad SMARTS) is 1. The van der Waals surface area contributed by atoms with Crippen LogP contribution in [0.4, 0.5) is 5.69 Å². The van der Waals surface area contributed by atoms with E-state index in [2.05, 4.69) is 15.9 Å². The lowest BCUT2D eigenvalue weighted by Gasteiger charge is -2.12. The summed E-state index contributed by atoms with van der Waals surface area (Å²) in [7, 11) is 0. The number of aliphatic carboxylic acids is 1. The lowest BCUT2D eigenvalue weighted by Crippen LogP contribution is -2.18. The molecule has 1 atom stereocenters. The van der Waals surface area contributed by atoms with E-state index in [0.717, 1.165) is 22.2 Å². The molecule has 0 radical (unpaired) electrons. The number of nitrogen functional groups attached to an aromatic ring is 1. The Hall–Kier alpha value is -0.680. The molecule has 1 aliphatic rings. The maximum absolute atomic E-state index is 11.1. The van der Waals surface area contributed by atoms with Gasteiger partial charge in [0.25, 0.3) is 0 Å². The second-order valence-corrected chi connectivity index (χ2v) is 6.00. The van der Waals surface area contributed by atoms with Gasteiger partial charge < -0.3 is 10.8 Å². The zero-order chi connectivity index (χ0) is 11.7. The quantitative estimate of drug-likeness (QED) is 0.663. The van der Waals surface area contributed by atoms with Crippen LogP contribution in [-0.4, -0.2) is 16.3 Å². The number of hydrogen-bond acceptors (Lipinski definition) is 3. The van der Waals surface area contributed by atoms with Crippen LogP contribution < -0.4 is 5.73 Å². The molecule has 16 heavy (non-hydrogen) atoms. The van der Waals surface area contributed by atoms with E-state index < -0.39 is 5.97 Å². The van der Waals surface area contributed by atoms with Crippen LogP contribution in [0.25, 0.3) is 0 Å². The monoisotopic (exact) mass is 301 g/mol. The molecule has 5 heteroatoms. The Labute approximate surface area is 107 Å². The highest BCUT2D eigenvalue weighted by Crippen LogP contribution is 2.43. The van der Waals surface area contributed by atoms with E-state index in [-0.39, 0.29) is 5.25 Å². The number of halogens is 1. The van der Waals surface area contributed by atoms with Gasteiger partial charge in [-0.3, -0.25) is 4.79 Å². The first-order valence-corrected chi connectivity index (χ1v) is 6.69. The van der Waals surface area contributed by atoms with Crippen molar-refractivity contribution in [1.82, 2.24) is 0 Å². The maximum Gasteiger partial charge on any atom is 0.317 e. The van der Waals surface area contributed by atoms with Crippen LogP contribution in [0.3, 0.4) is 0 Å². The molecule has 1 aliphatic carbocycles. The zero-order valence-electron chi connectivity index (χ0n) is 8.52. The third kappa shape index (κ3) is 2.71. The molecular weight excluding hydrogens is 290 g/mol. The minimum atomic E-state index is -0.741. The van der Waals surface area contributed by atoms with Crippen molar-refractivity contribution in [1.29, 1.82) is 0 Å². The summed E-state index contributed by atoms with van der Waals surface area (Å²) < 4.78 is 0.910. The van der Waals surface area contributed by atoms with Crippen molar-refractivity contribution < 1.29 is 9.90 Å². The fourth-order valence-electron chi connectivity index (χ4n) is 1.51. The summed E-state index contributed by atoms with van der Waals surface area (Å²) in [6.45, 7) is 0. The molecule has 1 fully saturated rings. The fourth-order valence-corrected chi connectivity index (χ4v) is 3.07. The van der Waals surface area contributed by atoms with Gasteiger partial charge in [-0.15, -0.1) is 11.8 Å². The van der Waals surface area contributed by atoms with Crippen LogP contribution in [0.15, 0.2) is 27.6 Å². The lowest BCUT2D eigenvalue weighted by molar-refractivity contribution is -0.136. The number of thioether (sulfide) groups is 1. The second-order valence-electron chi connectivity index (χ2n) is 3.90. The number of carbonyl (C=O) groups is 1. The maximum atomic E-state index is 11.1. The van der Waals surface area contributed by atoms with Crippen molar-refractivity contribution in [2.75, 3.05) is 5.73 Å². The van der Waals surface area contributed by atoms with E-state index in [9.17, 15) is 4.79 Å². The van der Waals surface area contributed by atoms with E-state index in [0.29, 0.717) is 11.6 Å². The van der Waals surface area contributed by atoms with Crippen molar-refractivity contribution >= 4 is 39.3 Å². The summed E-state index contributed by atoms with van der Waals surface area (Å²) in [6, 6.07) is 5.54. The smallest absolute Gasteiger partial charge is 0.317 e. The van der Waals surface area contributed by atoms with E-state index >= 15 is 0 Å². The van der Waals surface area contributed by atoms with Crippen LogP contribution in [0.5, 0.6) is 0 Å². The van der Waals surface area contributed by atoms with Gasteiger partial charge in [-0.25, -0.2) is 0 Å². The topological polar surface area (TPSA) is 63.3 Å². The Morgan fingerprint density at radius 2 is 2.25 bits per heavy atom. The highest BCUT2D eigenvalue weighted by molar-refractivity contribution is 9.10. The Balaban J connectivity index is 2.15. The number of carboxylic acids is 1. The van der Waals surface area contributed by atoms with Gasteiger partial charge in [0.05, 0.1) is 0 Å². The molecule has 0 heterocycles. The van der Waals surface area contributed by atoms with Crippen molar-refractivity contribution in [3.05, 3.63) is 22.7 Å². The Morgan fingerprint density at radius 3 is 2.75 bits per heavy atom. The molecule has 0 aromatic heterocycles. The number of rotatable bonds is 4. The average molecular weight is 302 g/mol. The average Bonchev–Trinajstić information content (AvgIpc) is 2.99. The predicted molar refractivity (Wildman–Crippen MR) is 68.6 cm³/mol. The molecule has 0 amide bonds. The summed E-state index contributed by atoms with van der Waals surface area (Å²) in [5.74, 6) is -0.430. The number of anilines is 1. The normalized spacial score (nSPS) is 17.1. The molecule has 0 bridgehead atoms. The van der Waals surface area contributed by atoms with Crippen LogP contribution in [0.2, 0.25) is 0 Å². The Bertz CT molecular complexity index is 420. The SMILES string of the molecule is Nc1cc(Br)ccc1SC(C(=O)O)C1CC1. The highest BCUT2D eigenvalue weighted by Gasteiger charge is 2.37. The summed E-state index contributed by atoms with van der Waals surface area (Å²) in [4.78, 5) is 11.9. The minimum absolute atomic E-state index is 0.311. The molecule has 0 spiro atoms. The van der Waals surface area contributed by atoms with Crippen LogP contribution in [-0.2, 0) is 4.79 Å². The van der Waals surface area contributed by atoms with E-state index in [4.69, 9.17) is 10.8 Å². The van der Waals surface area contributed by atoms with Crippen molar-refractivity contribution in [3.63, 3.8) is 0 Å². The molecule has 3 nitrogen and oxygen atoms in total. The molecule has 1 unspecified atom stereocenters. The first-order valence-electron chi connectivity index (χ1n) is 5.02. The van der Waals surface area contributed by atoms with Gasteiger partial charge in [0.15, 0.2) is 0 Å². The first-order chi connectivity index (χ1) is 7.58. The summed E-state index contributed by atoms with van der Waals surface area (Å²) in [6.07, 6.45) is 2.03. The number of hydrogen-bond donors (Lipinski definition) is 2. The largest absolute Gasteiger partial charge is 0.480 e. The fraction of sp³-hybridized carbons (Fsp3) is 0.364. The molecule has 86 valence electrons. The van der Waals surface area contributed by atoms with E-state index in [1.54, 1.807) is 6.07 Å². The highest BCUT2D eigenvalue weighted by atomic mass is 79.9. The van der Waals surface area contributed by atoms with Gasteiger partial charge in [0, 0.05) is 15.1 Å². The van der Waals surface area contributed by atoms with Gasteiger partial charge in [0.2, 0.25) is 0 Å². The van der Waals surface area contributed by atoms with Gasteiger partial charge in [-0.1, -0.05) is 15.9 Å². The Morgan fingerprint density at radius 1 is 1.56 bits per heavy atom. The third-order valence-electron chi connectivity index (χ3n) is 2.52. The van der Waals surface area contributed by atoms with Crippen molar-refractivity contribution in [2.24, 2.45) is 5.92 Å². The molecule has 0 saturated heterocycles. The predicted octanol–water partition coefficient (Wildman–Crippen LogP) is 2.99. The molecule has 1 saturated carbocycles. The molecular formula is C11H12BrNO2S. The molecule has 3 N–H and O–H groups in total. The summed E-state index contributed by atoms with van der Waals surface area (Å²) >= 11 is 4.68. The minimum Gasteiger partial charge on any atom is -0.480 e. The number of benzene rings is 1. The summed E-state index contributed by atoms with van der Waals surface area (Å²) in [5, 5.41) is 8.76. The molecule has 2 rings (SSSR count).